The van der Waals surface area contributed by atoms with Gasteiger partial charge in [-0.3, -0.25) is 4.79 Å². The zero-order chi connectivity index (χ0) is 15.2. The summed E-state index contributed by atoms with van der Waals surface area (Å²) < 4.78 is 22.9. The van der Waals surface area contributed by atoms with Crippen LogP contribution in [0.15, 0.2) is 29.2 Å². The Labute approximate surface area is 125 Å². The molecule has 1 rings (SSSR count). The lowest BCUT2D eigenvalue weighted by Gasteiger charge is -2.12. The van der Waals surface area contributed by atoms with Gasteiger partial charge in [-0.05, 0) is 37.3 Å². The van der Waals surface area contributed by atoms with Gasteiger partial charge < -0.3 is 5.32 Å². The van der Waals surface area contributed by atoms with Crippen LogP contribution < -0.4 is 5.32 Å². The SMILES string of the molecule is CCCCS[C@H](C)C(=O)Nc1cccc(S(C)(=O)=O)c1. The summed E-state index contributed by atoms with van der Waals surface area (Å²) in [6.07, 6.45) is 3.35. The summed E-state index contributed by atoms with van der Waals surface area (Å²) in [5, 5.41) is 2.61. The number of amides is 1. The molecular formula is C14H21NO3S2. The molecule has 1 atom stereocenters. The number of carbonyl (C=O) groups excluding carboxylic acids is 1. The van der Waals surface area contributed by atoms with Crippen molar-refractivity contribution in [2.75, 3.05) is 17.3 Å². The number of anilines is 1. The molecule has 20 heavy (non-hydrogen) atoms. The fourth-order valence-corrected chi connectivity index (χ4v) is 3.21. The smallest absolute Gasteiger partial charge is 0.237 e. The van der Waals surface area contributed by atoms with Crippen LogP contribution in [-0.4, -0.2) is 31.6 Å². The molecule has 1 aromatic rings. The van der Waals surface area contributed by atoms with E-state index in [4.69, 9.17) is 0 Å². The molecule has 0 heterocycles. The second kappa shape index (κ2) is 7.69. The lowest BCUT2D eigenvalue weighted by Crippen LogP contribution is -2.22. The van der Waals surface area contributed by atoms with Gasteiger partial charge in [0.1, 0.15) is 0 Å². The van der Waals surface area contributed by atoms with Gasteiger partial charge in [0.25, 0.3) is 0 Å². The Kier molecular flexibility index (Phi) is 6.55. The summed E-state index contributed by atoms with van der Waals surface area (Å²) in [6.45, 7) is 3.97. The van der Waals surface area contributed by atoms with Crippen LogP contribution in [0.3, 0.4) is 0 Å². The van der Waals surface area contributed by atoms with Gasteiger partial charge in [-0.1, -0.05) is 19.4 Å². The van der Waals surface area contributed by atoms with Gasteiger partial charge in [0.15, 0.2) is 9.84 Å². The molecule has 1 aromatic carbocycles. The molecule has 1 N–H and O–H groups in total. The lowest BCUT2D eigenvalue weighted by atomic mass is 10.3. The normalized spacial score (nSPS) is 12.9. The Hall–Kier alpha value is -1.01. The van der Waals surface area contributed by atoms with Gasteiger partial charge >= 0.3 is 0 Å². The molecule has 0 aliphatic rings. The molecular weight excluding hydrogens is 294 g/mol. The second-order valence-electron chi connectivity index (χ2n) is 4.66. The van der Waals surface area contributed by atoms with E-state index in [0.717, 1.165) is 24.9 Å². The first-order valence-electron chi connectivity index (χ1n) is 6.57. The van der Waals surface area contributed by atoms with Crippen LogP contribution in [0.5, 0.6) is 0 Å². The maximum Gasteiger partial charge on any atom is 0.237 e. The highest BCUT2D eigenvalue weighted by molar-refractivity contribution is 8.00. The average molecular weight is 315 g/mol. The molecule has 0 fully saturated rings. The molecule has 1 amide bonds. The van der Waals surface area contributed by atoms with Crippen molar-refractivity contribution >= 4 is 33.2 Å². The van der Waals surface area contributed by atoms with Crippen LogP contribution >= 0.6 is 11.8 Å². The topological polar surface area (TPSA) is 63.2 Å². The minimum atomic E-state index is -3.26. The van der Waals surface area contributed by atoms with Crippen molar-refractivity contribution < 1.29 is 13.2 Å². The van der Waals surface area contributed by atoms with E-state index < -0.39 is 9.84 Å². The van der Waals surface area contributed by atoms with Crippen molar-refractivity contribution in [3.05, 3.63) is 24.3 Å². The van der Waals surface area contributed by atoms with Crippen LogP contribution in [0.1, 0.15) is 26.7 Å². The molecule has 0 aliphatic carbocycles. The van der Waals surface area contributed by atoms with E-state index in [0.29, 0.717) is 5.69 Å². The molecule has 0 saturated heterocycles. The molecule has 0 saturated carbocycles. The first kappa shape index (κ1) is 17.0. The van der Waals surface area contributed by atoms with Gasteiger partial charge in [-0.25, -0.2) is 8.42 Å². The third-order valence-corrected chi connectivity index (χ3v) is 5.11. The molecule has 112 valence electrons. The quantitative estimate of drug-likeness (QED) is 0.786. The maximum absolute atomic E-state index is 12.0. The minimum absolute atomic E-state index is 0.100. The fourth-order valence-electron chi connectivity index (χ4n) is 1.53. The van der Waals surface area contributed by atoms with Crippen molar-refractivity contribution in [1.82, 2.24) is 0 Å². The van der Waals surface area contributed by atoms with Crippen LogP contribution in [0.2, 0.25) is 0 Å². The Morgan fingerprint density at radius 2 is 2.10 bits per heavy atom. The summed E-state index contributed by atoms with van der Waals surface area (Å²) in [5.41, 5.74) is 0.515. The molecule has 0 unspecified atom stereocenters. The number of carbonyl (C=O) groups is 1. The predicted molar refractivity (Wildman–Crippen MR) is 85.0 cm³/mol. The zero-order valence-electron chi connectivity index (χ0n) is 12.0. The number of rotatable bonds is 7. The van der Waals surface area contributed by atoms with E-state index in [1.54, 1.807) is 23.9 Å². The molecule has 0 bridgehead atoms. The molecule has 0 aliphatic heterocycles. The Bertz CT molecular complexity index is 555. The number of nitrogens with one attached hydrogen (secondary N) is 1. The standard InChI is InChI=1S/C14H21NO3S2/c1-4-5-9-19-11(2)14(16)15-12-7-6-8-13(10-12)20(3,17)18/h6-8,10-11H,4-5,9H2,1-3H3,(H,15,16)/t11-/m1/s1. The average Bonchev–Trinajstić information content (AvgIpc) is 2.38. The highest BCUT2D eigenvalue weighted by atomic mass is 32.2. The number of hydrogen-bond donors (Lipinski definition) is 1. The van der Waals surface area contributed by atoms with Gasteiger partial charge in [-0.2, -0.15) is 0 Å². The molecule has 0 radical (unpaired) electrons. The van der Waals surface area contributed by atoms with Gasteiger partial charge in [0.2, 0.25) is 5.91 Å². The first-order valence-corrected chi connectivity index (χ1v) is 9.51. The van der Waals surface area contributed by atoms with Crippen LogP contribution in [-0.2, 0) is 14.6 Å². The van der Waals surface area contributed by atoms with E-state index >= 15 is 0 Å². The summed E-state index contributed by atoms with van der Waals surface area (Å²) in [6, 6.07) is 6.32. The summed E-state index contributed by atoms with van der Waals surface area (Å²) in [5.74, 6) is 0.853. The van der Waals surface area contributed by atoms with Crippen LogP contribution in [0, 0.1) is 0 Å². The van der Waals surface area contributed by atoms with E-state index in [2.05, 4.69) is 12.2 Å². The predicted octanol–water partition coefficient (Wildman–Crippen LogP) is 2.95. The molecule has 0 aromatic heterocycles. The largest absolute Gasteiger partial charge is 0.325 e. The minimum Gasteiger partial charge on any atom is -0.325 e. The van der Waals surface area contributed by atoms with Crippen molar-refractivity contribution in [2.24, 2.45) is 0 Å². The number of sulfone groups is 1. The van der Waals surface area contributed by atoms with E-state index in [9.17, 15) is 13.2 Å². The third-order valence-electron chi connectivity index (χ3n) is 2.76. The van der Waals surface area contributed by atoms with Crippen molar-refractivity contribution in [1.29, 1.82) is 0 Å². The zero-order valence-corrected chi connectivity index (χ0v) is 13.7. The Morgan fingerprint density at radius 1 is 1.40 bits per heavy atom. The monoisotopic (exact) mass is 315 g/mol. The van der Waals surface area contributed by atoms with Crippen molar-refractivity contribution in [3.63, 3.8) is 0 Å². The summed E-state index contributed by atoms with van der Waals surface area (Å²) >= 11 is 1.61. The molecule has 6 heteroatoms. The van der Waals surface area contributed by atoms with E-state index in [1.165, 1.54) is 12.1 Å². The third kappa shape index (κ3) is 5.54. The van der Waals surface area contributed by atoms with E-state index in [1.807, 2.05) is 6.92 Å². The van der Waals surface area contributed by atoms with Crippen LogP contribution in [0.4, 0.5) is 5.69 Å². The fraction of sp³-hybridized carbons (Fsp3) is 0.500. The highest BCUT2D eigenvalue weighted by Crippen LogP contribution is 2.18. The van der Waals surface area contributed by atoms with Gasteiger partial charge in [0, 0.05) is 11.9 Å². The maximum atomic E-state index is 12.0. The van der Waals surface area contributed by atoms with E-state index in [-0.39, 0.29) is 16.1 Å². The number of thioether (sulfide) groups is 1. The number of unbranched alkanes of at least 4 members (excludes halogenated alkanes) is 1. The Morgan fingerprint density at radius 3 is 2.70 bits per heavy atom. The van der Waals surface area contributed by atoms with Crippen molar-refractivity contribution in [2.45, 2.75) is 36.8 Å². The highest BCUT2D eigenvalue weighted by Gasteiger charge is 2.14. The first-order chi connectivity index (χ1) is 9.34. The lowest BCUT2D eigenvalue weighted by molar-refractivity contribution is -0.115. The van der Waals surface area contributed by atoms with Gasteiger partial charge in [0.05, 0.1) is 10.1 Å². The number of benzene rings is 1. The summed E-state index contributed by atoms with van der Waals surface area (Å²) in [7, 11) is -3.26. The molecule has 4 nitrogen and oxygen atoms in total. The van der Waals surface area contributed by atoms with Crippen LogP contribution in [0.25, 0.3) is 0 Å². The van der Waals surface area contributed by atoms with Gasteiger partial charge in [-0.15, -0.1) is 11.8 Å². The number of hydrogen-bond acceptors (Lipinski definition) is 4. The summed E-state index contributed by atoms with van der Waals surface area (Å²) in [4.78, 5) is 12.2. The Balaban J connectivity index is 2.66. The second-order valence-corrected chi connectivity index (χ2v) is 8.12. The van der Waals surface area contributed by atoms with Crippen molar-refractivity contribution in [3.8, 4) is 0 Å². The molecule has 0 spiro atoms.